The Balaban J connectivity index is 1.37. The van der Waals surface area contributed by atoms with E-state index in [1.54, 1.807) is 18.1 Å². The van der Waals surface area contributed by atoms with Crippen LogP contribution < -0.4 is 20.3 Å². The Morgan fingerprint density at radius 1 is 1.05 bits per heavy atom. The molecule has 44 heavy (non-hydrogen) atoms. The lowest BCUT2D eigenvalue weighted by molar-refractivity contribution is -0.118. The number of halogens is 1. The number of carbonyl (C=O) groups excluding carboxylic acids is 2. The molecule has 0 radical (unpaired) electrons. The molecule has 1 aromatic heterocycles. The summed E-state index contributed by atoms with van der Waals surface area (Å²) in [4.78, 5) is 37.0. The zero-order chi connectivity index (χ0) is 31.4. The Morgan fingerprint density at radius 3 is 2.50 bits per heavy atom. The third kappa shape index (κ3) is 6.81. The summed E-state index contributed by atoms with van der Waals surface area (Å²) >= 11 is 0. The second-order valence-electron chi connectivity index (χ2n) is 11.7. The van der Waals surface area contributed by atoms with Crippen LogP contribution >= 0.6 is 0 Å². The van der Waals surface area contributed by atoms with Gasteiger partial charge in [0, 0.05) is 61.4 Å². The van der Waals surface area contributed by atoms with Crippen molar-refractivity contribution in [3.8, 4) is 5.75 Å². The number of aryl methyl sites for hydroxylation is 1. The maximum Gasteiger partial charge on any atom is 0.318 e. The average molecular weight is 601 g/mol. The van der Waals surface area contributed by atoms with Crippen molar-refractivity contribution < 1.29 is 18.7 Å². The van der Waals surface area contributed by atoms with Crippen LogP contribution in [0.4, 0.5) is 20.6 Å². The van der Waals surface area contributed by atoms with Crippen molar-refractivity contribution in [3.05, 3.63) is 89.4 Å². The molecule has 3 aromatic carbocycles. The molecule has 232 valence electrons. The monoisotopic (exact) mass is 600 g/mol. The Bertz CT molecular complexity index is 1630. The molecule has 1 aliphatic heterocycles. The number of rotatable bonds is 9. The molecule has 4 aromatic rings. The minimum atomic E-state index is -0.874. The summed E-state index contributed by atoms with van der Waals surface area (Å²) in [6.07, 6.45) is 1.91. The number of aromatic amines is 1. The largest absolute Gasteiger partial charge is 0.495 e. The molecule has 9 nitrogen and oxygen atoms in total. The van der Waals surface area contributed by atoms with Gasteiger partial charge in [0.05, 0.1) is 12.8 Å². The van der Waals surface area contributed by atoms with Crippen LogP contribution in [0.2, 0.25) is 0 Å². The van der Waals surface area contributed by atoms with E-state index in [1.165, 1.54) is 12.1 Å². The first-order valence-corrected chi connectivity index (χ1v) is 14.9. The highest BCUT2D eigenvalue weighted by atomic mass is 19.1. The van der Waals surface area contributed by atoms with E-state index in [0.717, 1.165) is 33.3 Å². The fourth-order valence-corrected chi connectivity index (χ4v) is 5.94. The molecule has 1 aliphatic rings. The van der Waals surface area contributed by atoms with Crippen molar-refractivity contribution in [2.45, 2.75) is 32.4 Å². The van der Waals surface area contributed by atoms with Crippen molar-refractivity contribution in [2.75, 3.05) is 57.6 Å². The second-order valence-corrected chi connectivity index (χ2v) is 11.7. The van der Waals surface area contributed by atoms with Crippen LogP contribution in [0.3, 0.4) is 0 Å². The number of carbonyl (C=O) groups is 2. The molecule has 3 amide bonds. The van der Waals surface area contributed by atoms with Crippen LogP contribution in [0, 0.1) is 12.7 Å². The molecule has 5 rings (SSSR count). The third-order valence-electron chi connectivity index (χ3n) is 8.26. The molecule has 3 N–H and O–H groups in total. The molecular formula is C34H41FN6O3. The van der Waals surface area contributed by atoms with Gasteiger partial charge in [-0.3, -0.25) is 4.79 Å². The number of nitrogens with zero attached hydrogens (tertiary/aromatic N) is 3. The first-order valence-electron chi connectivity index (χ1n) is 14.9. The molecule has 0 bridgehead atoms. The standard InChI is InChI=1S/C34H41FN6O3/c1-22-18-25(35)11-12-30(22)40-14-16-41(17-15-40)34(43)38-32(23(2)27-20-36-28-9-7-6-8-26(27)28)33(42)37-29-19-24(21-39(3)4)10-13-31(29)44-5/h6-13,18-20,23,32,36H,14-17,21H2,1-5H3,(H,37,42)(H,38,43)/t23-,32+/m0/s1. The van der Waals surface area contributed by atoms with E-state index >= 15 is 0 Å². The number of hydrogen-bond donors (Lipinski definition) is 3. The molecule has 2 atom stereocenters. The van der Waals surface area contributed by atoms with Crippen molar-refractivity contribution in [3.63, 3.8) is 0 Å². The number of fused-ring (bicyclic) bond motifs is 1. The first-order chi connectivity index (χ1) is 21.1. The van der Waals surface area contributed by atoms with Crippen LogP contribution in [0.5, 0.6) is 5.75 Å². The lowest BCUT2D eigenvalue weighted by Crippen LogP contribution is -2.56. The summed E-state index contributed by atoms with van der Waals surface area (Å²) < 4.78 is 19.2. The van der Waals surface area contributed by atoms with Crippen molar-refractivity contribution in [2.24, 2.45) is 0 Å². The summed E-state index contributed by atoms with van der Waals surface area (Å²) in [6.45, 7) is 6.68. The smallest absolute Gasteiger partial charge is 0.318 e. The van der Waals surface area contributed by atoms with E-state index in [1.807, 2.05) is 81.5 Å². The Hall–Kier alpha value is -4.57. The number of piperazine rings is 1. The van der Waals surface area contributed by atoms with Crippen LogP contribution in [0.25, 0.3) is 10.9 Å². The predicted octanol–water partition coefficient (Wildman–Crippen LogP) is 5.33. The first kappa shape index (κ1) is 30.9. The van der Waals surface area contributed by atoms with E-state index < -0.39 is 6.04 Å². The number of para-hydroxylation sites is 1. The van der Waals surface area contributed by atoms with Crippen LogP contribution in [-0.2, 0) is 11.3 Å². The highest BCUT2D eigenvalue weighted by Crippen LogP contribution is 2.31. The molecular weight excluding hydrogens is 559 g/mol. The minimum Gasteiger partial charge on any atom is -0.495 e. The van der Waals surface area contributed by atoms with Crippen molar-refractivity contribution >= 4 is 34.2 Å². The van der Waals surface area contributed by atoms with E-state index in [-0.39, 0.29) is 23.7 Å². The number of H-pyrrole nitrogens is 1. The van der Waals surface area contributed by atoms with Crippen LogP contribution in [0.15, 0.2) is 66.9 Å². The Labute approximate surface area is 258 Å². The zero-order valence-corrected chi connectivity index (χ0v) is 26.0. The Kier molecular flexibility index (Phi) is 9.39. The van der Waals surface area contributed by atoms with Gasteiger partial charge >= 0.3 is 6.03 Å². The van der Waals surface area contributed by atoms with E-state index in [0.29, 0.717) is 44.2 Å². The Morgan fingerprint density at radius 2 is 1.80 bits per heavy atom. The van der Waals surface area contributed by atoms with Gasteiger partial charge in [0.15, 0.2) is 0 Å². The number of urea groups is 1. The van der Waals surface area contributed by atoms with Gasteiger partial charge in [-0.05, 0) is 74.1 Å². The number of amides is 3. The van der Waals surface area contributed by atoms with Crippen LogP contribution in [-0.4, -0.2) is 80.1 Å². The fourth-order valence-electron chi connectivity index (χ4n) is 5.94. The number of methoxy groups -OCH3 is 1. The molecule has 1 saturated heterocycles. The van der Waals surface area contributed by atoms with E-state index in [9.17, 15) is 14.0 Å². The molecule has 10 heteroatoms. The summed E-state index contributed by atoms with van der Waals surface area (Å²) in [5.74, 6) is -0.413. The molecule has 2 heterocycles. The normalized spacial score (nSPS) is 14.9. The number of benzene rings is 3. The van der Waals surface area contributed by atoms with E-state index in [2.05, 4.69) is 20.5 Å². The van der Waals surface area contributed by atoms with Gasteiger partial charge in [0.1, 0.15) is 17.6 Å². The van der Waals surface area contributed by atoms with Gasteiger partial charge in [0.2, 0.25) is 5.91 Å². The topological polar surface area (TPSA) is 92.9 Å². The third-order valence-corrected chi connectivity index (χ3v) is 8.26. The SMILES string of the molecule is COc1ccc(CN(C)C)cc1NC(=O)[C@H](NC(=O)N1CCN(c2ccc(F)cc2C)CC1)[C@@H](C)c1c[nH]c2ccccc12. The average Bonchev–Trinajstić information content (AvgIpc) is 3.44. The predicted molar refractivity (Wildman–Crippen MR) is 173 cm³/mol. The molecule has 0 spiro atoms. The van der Waals surface area contributed by atoms with Crippen molar-refractivity contribution in [1.82, 2.24) is 20.1 Å². The summed E-state index contributed by atoms with van der Waals surface area (Å²) in [6, 6.07) is 17.2. The highest BCUT2D eigenvalue weighted by molar-refractivity contribution is 5.99. The molecule has 0 saturated carbocycles. The zero-order valence-electron chi connectivity index (χ0n) is 26.0. The van der Waals surface area contributed by atoms with Gasteiger partial charge in [-0.25, -0.2) is 9.18 Å². The number of anilines is 2. The summed E-state index contributed by atoms with van der Waals surface area (Å²) in [5, 5.41) is 7.11. The number of aromatic nitrogens is 1. The molecule has 0 unspecified atom stereocenters. The number of nitrogens with one attached hydrogen (secondary N) is 3. The molecule has 1 fully saturated rings. The van der Waals surface area contributed by atoms with Crippen molar-refractivity contribution in [1.29, 1.82) is 0 Å². The van der Waals surface area contributed by atoms with Gasteiger partial charge < -0.3 is 35.1 Å². The summed E-state index contributed by atoms with van der Waals surface area (Å²) in [7, 11) is 5.53. The van der Waals surface area contributed by atoms with E-state index in [4.69, 9.17) is 4.74 Å². The van der Waals surface area contributed by atoms with Gasteiger partial charge in [-0.2, -0.15) is 0 Å². The van der Waals surface area contributed by atoms with Gasteiger partial charge in [-0.15, -0.1) is 0 Å². The lowest BCUT2D eigenvalue weighted by atomic mass is 9.92. The summed E-state index contributed by atoms with van der Waals surface area (Å²) in [5.41, 5.74) is 5.28. The quantitative estimate of drug-likeness (QED) is 0.242. The number of hydrogen-bond acceptors (Lipinski definition) is 5. The fraction of sp³-hybridized carbons (Fsp3) is 0.353. The number of ether oxygens (including phenoxy) is 1. The van der Waals surface area contributed by atoms with Gasteiger partial charge in [-0.1, -0.05) is 31.2 Å². The maximum atomic E-state index is 14.0. The van der Waals surface area contributed by atoms with Crippen LogP contribution in [0.1, 0.15) is 29.5 Å². The second kappa shape index (κ2) is 13.4. The van der Waals surface area contributed by atoms with Gasteiger partial charge in [0.25, 0.3) is 0 Å². The maximum absolute atomic E-state index is 14.0. The molecule has 0 aliphatic carbocycles. The highest BCUT2D eigenvalue weighted by Gasteiger charge is 2.33. The minimum absolute atomic E-state index is 0.264. The lowest BCUT2D eigenvalue weighted by Gasteiger charge is -2.37.